The van der Waals surface area contributed by atoms with Crippen LogP contribution in [0.5, 0.6) is 0 Å². The number of hydrogen-bond donors (Lipinski definition) is 1. The Morgan fingerprint density at radius 1 is 1.28 bits per heavy atom. The van der Waals surface area contributed by atoms with Crippen molar-refractivity contribution >= 4 is 22.8 Å². The standard InChI is InChI=1S/C19H23N5O/c1-22-10-12-23(13-11-22)16-5-2-6-17-18(16)21-14-24(17)19(25)20-9-3-4-15-7-8-15/h2,5-6,14-15H,7-13H2,1H3,(H,20,25). The molecule has 2 heterocycles. The van der Waals surface area contributed by atoms with Gasteiger partial charge in [-0.3, -0.25) is 4.57 Å². The first-order valence-corrected chi connectivity index (χ1v) is 8.88. The van der Waals surface area contributed by atoms with Crippen molar-refractivity contribution in [3.05, 3.63) is 24.5 Å². The summed E-state index contributed by atoms with van der Waals surface area (Å²) in [6.45, 7) is 4.42. The van der Waals surface area contributed by atoms with Crippen LogP contribution in [-0.4, -0.2) is 60.3 Å². The summed E-state index contributed by atoms with van der Waals surface area (Å²) in [5.74, 6) is 6.73. The smallest absolute Gasteiger partial charge is 0.328 e. The summed E-state index contributed by atoms with van der Waals surface area (Å²) in [6, 6.07) is 5.85. The Hall–Kier alpha value is -2.52. The van der Waals surface area contributed by atoms with Crippen LogP contribution in [0.15, 0.2) is 24.5 Å². The zero-order valence-corrected chi connectivity index (χ0v) is 14.5. The van der Waals surface area contributed by atoms with Gasteiger partial charge < -0.3 is 15.1 Å². The summed E-state index contributed by atoms with van der Waals surface area (Å²) in [5.41, 5.74) is 2.82. The topological polar surface area (TPSA) is 53.4 Å². The van der Waals surface area contributed by atoms with Gasteiger partial charge in [0.05, 0.1) is 17.7 Å². The van der Waals surface area contributed by atoms with Gasteiger partial charge in [-0.25, -0.2) is 9.78 Å². The largest absolute Gasteiger partial charge is 0.367 e. The number of hydrogen-bond acceptors (Lipinski definition) is 4. The number of benzene rings is 1. The Kier molecular flexibility index (Phi) is 4.33. The highest BCUT2D eigenvalue weighted by Crippen LogP contribution is 2.27. The van der Waals surface area contributed by atoms with Gasteiger partial charge in [0.1, 0.15) is 11.8 Å². The second-order valence-electron chi connectivity index (χ2n) is 6.80. The maximum atomic E-state index is 12.4. The molecule has 1 aromatic carbocycles. The lowest BCUT2D eigenvalue weighted by Crippen LogP contribution is -2.44. The highest BCUT2D eigenvalue weighted by atomic mass is 16.2. The zero-order valence-electron chi connectivity index (χ0n) is 14.5. The number of anilines is 1. The molecule has 6 nitrogen and oxygen atoms in total. The van der Waals surface area contributed by atoms with Crippen molar-refractivity contribution in [2.24, 2.45) is 5.92 Å². The van der Waals surface area contributed by atoms with Gasteiger partial charge in [-0.05, 0) is 32.0 Å². The molecule has 1 aliphatic carbocycles. The molecule has 0 spiro atoms. The van der Waals surface area contributed by atoms with E-state index >= 15 is 0 Å². The predicted octanol–water partition coefficient (Wildman–Crippen LogP) is 1.76. The summed E-state index contributed by atoms with van der Waals surface area (Å²) in [5, 5.41) is 2.86. The van der Waals surface area contributed by atoms with Gasteiger partial charge >= 0.3 is 6.03 Å². The Labute approximate surface area is 147 Å². The number of carbonyl (C=O) groups is 1. The number of carbonyl (C=O) groups excluding carboxylic acids is 1. The third-order valence-corrected chi connectivity index (χ3v) is 4.83. The molecule has 0 bridgehead atoms. The van der Waals surface area contributed by atoms with Crippen molar-refractivity contribution in [2.45, 2.75) is 12.8 Å². The lowest BCUT2D eigenvalue weighted by molar-refractivity contribution is 0.244. The number of rotatable bonds is 2. The lowest BCUT2D eigenvalue weighted by atomic mass is 10.2. The third kappa shape index (κ3) is 3.47. The highest BCUT2D eigenvalue weighted by molar-refractivity contribution is 5.95. The number of likely N-dealkylation sites (N-methyl/N-ethyl adjacent to an activating group) is 1. The molecule has 1 N–H and O–H groups in total. The Bertz CT molecular complexity index is 834. The van der Waals surface area contributed by atoms with E-state index in [-0.39, 0.29) is 6.03 Å². The second-order valence-corrected chi connectivity index (χ2v) is 6.80. The molecule has 0 radical (unpaired) electrons. The molecule has 6 heteroatoms. The first-order valence-electron chi connectivity index (χ1n) is 8.88. The molecule has 1 aliphatic heterocycles. The molecule has 2 fully saturated rings. The summed E-state index contributed by atoms with van der Waals surface area (Å²) >= 11 is 0. The molecular formula is C19H23N5O. The van der Waals surface area contributed by atoms with Gasteiger partial charge in [0.15, 0.2) is 0 Å². The van der Waals surface area contributed by atoms with Crippen molar-refractivity contribution < 1.29 is 4.79 Å². The predicted molar refractivity (Wildman–Crippen MR) is 98.7 cm³/mol. The molecule has 4 rings (SSSR count). The van der Waals surface area contributed by atoms with Crippen molar-refractivity contribution in [2.75, 3.05) is 44.7 Å². The van der Waals surface area contributed by atoms with Crippen LogP contribution in [0, 0.1) is 17.8 Å². The van der Waals surface area contributed by atoms with E-state index in [9.17, 15) is 4.79 Å². The normalized spacial score (nSPS) is 18.0. The maximum absolute atomic E-state index is 12.4. The van der Waals surface area contributed by atoms with E-state index in [1.807, 2.05) is 12.1 Å². The van der Waals surface area contributed by atoms with Gasteiger partial charge in [0.2, 0.25) is 0 Å². The summed E-state index contributed by atoms with van der Waals surface area (Å²) in [6.07, 6.45) is 4.00. The van der Waals surface area contributed by atoms with E-state index < -0.39 is 0 Å². The summed E-state index contributed by atoms with van der Waals surface area (Å²) in [4.78, 5) is 21.6. The average Bonchev–Trinajstić information content (AvgIpc) is 3.35. The van der Waals surface area contributed by atoms with E-state index in [0.717, 1.165) is 42.9 Å². The molecule has 2 aromatic rings. The second kappa shape index (κ2) is 6.77. The van der Waals surface area contributed by atoms with Gasteiger partial charge in [-0.2, -0.15) is 0 Å². The number of imidazole rings is 1. The molecular weight excluding hydrogens is 314 g/mol. The van der Waals surface area contributed by atoms with Crippen LogP contribution >= 0.6 is 0 Å². The Balaban J connectivity index is 1.52. The molecule has 1 amide bonds. The van der Waals surface area contributed by atoms with Crippen LogP contribution < -0.4 is 10.2 Å². The van der Waals surface area contributed by atoms with Gasteiger partial charge in [-0.15, -0.1) is 0 Å². The lowest BCUT2D eigenvalue weighted by Gasteiger charge is -2.34. The number of piperazine rings is 1. The summed E-state index contributed by atoms with van der Waals surface area (Å²) < 4.78 is 1.58. The van der Waals surface area contributed by atoms with Gasteiger partial charge in [-0.1, -0.05) is 17.9 Å². The van der Waals surface area contributed by atoms with E-state index in [1.165, 1.54) is 12.8 Å². The quantitative estimate of drug-likeness (QED) is 0.849. The number of aromatic nitrogens is 2. The van der Waals surface area contributed by atoms with Crippen LogP contribution in [0.1, 0.15) is 12.8 Å². The minimum Gasteiger partial charge on any atom is -0.367 e. The molecule has 130 valence electrons. The van der Waals surface area contributed by atoms with Crippen LogP contribution in [0.2, 0.25) is 0 Å². The molecule has 2 aliphatic rings. The van der Waals surface area contributed by atoms with Crippen molar-refractivity contribution in [3.63, 3.8) is 0 Å². The highest BCUT2D eigenvalue weighted by Gasteiger charge is 2.19. The maximum Gasteiger partial charge on any atom is 0.328 e. The Morgan fingerprint density at radius 3 is 2.84 bits per heavy atom. The summed E-state index contributed by atoms with van der Waals surface area (Å²) in [7, 11) is 2.14. The van der Waals surface area contributed by atoms with Crippen LogP contribution in [0.25, 0.3) is 11.0 Å². The van der Waals surface area contributed by atoms with Crippen LogP contribution in [0.3, 0.4) is 0 Å². The number of nitrogens with one attached hydrogen (secondary N) is 1. The van der Waals surface area contributed by atoms with E-state index in [1.54, 1.807) is 10.9 Å². The minimum atomic E-state index is -0.178. The zero-order chi connectivity index (χ0) is 17.2. The average molecular weight is 337 g/mol. The van der Waals surface area contributed by atoms with Crippen LogP contribution in [-0.2, 0) is 0 Å². The first-order chi connectivity index (χ1) is 12.2. The number of amides is 1. The number of fused-ring (bicyclic) bond motifs is 1. The Morgan fingerprint density at radius 2 is 2.08 bits per heavy atom. The molecule has 1 saturated heterocycles. The number of para-hydroxylation sites is 1. The molecule has 1 saturated carbocycles. The first kappa shape index (κ1) is 16.0. The molecule has 0 atom stereocenters. The fourth-order valence-corrected chi connectivity index (χ4v) is 3.12. The van der Waals surface area contributed by atoms with Crippen LogP contribution in [0.4, 0.5) is 10.5 Å². The third-order valence-electron chi connectivity index (χ3n) is 4.83. The SMILES string of the molecule is CN1CCN(c2cccc3c2ncn3C(=O)NCC#CC2CC2)CC1. The van der Waals surface area contributed by atoms with Gasteiger partial charge in [0.25, 0.3) is 0 Å². The van der Waals surface area contributed by atoms with E-state index in [0.29, 0.717) is 12.5 Å². The fourth-order valence-electron chi connectivity index (χ4n) is 3.12. The molecule has 0 unspecified atom stereocenters. The fraction of sp³-hybridized carbons (Fsp3) is 0.474. The minimum absolute atomic E-state index is 0.178. The molecule has 1 aromatic heterocycles. The van der Waals surface area contributed by atoms with Crippen molar-refractivity contribution in [1.29, 1.82) is 0 Å². The monoisotopic (exact) mass is 337 g/mol. The van der Waals surface area contributed by atoms with E-state index in [2.05, 4.69) is 45.1 Å². The number of nitrogens with zero attached hydrogens (tertiary/aromatic N) is 4. The van der Waals surface area contributed by atoms with Crippen molar-refractivity contribution in [3.8, 4) is 11.8 Å². The van der Waals surface area contributed by atoms with Gasteiger partial charge in [0, 0.05) is 32.1 Å². The molecule has 25 heavy (non-hydrogen) atoms. The van der Waals surface area contributed by atoms with E-state index in [4.69, 9.17) is 0 Å². The van der Waals surface area contributed by atoms with Crippen molar-refractivity contribution in [1.82, 2.24) is 19.8 Å².